The number of benzene rings is 1. The Morgan fingerprint density at radius 3 is 2.05 bits per heavy atom. The number of phenolic OH excluding ortho intramolecular Hbond substituents is 1. The van der Waals surface area contributed by atoms with Gasteiger partial charge < -0.3 is 9.84 Å². The zero-order valence-electron chi connectivity index (χ0n) is 13.8. The van der Waals surface area contributed by atoms with Crippen LogP contribution in [-0.2, 0) is 11.2 Å². The average Bonchev–Trinajstić information content (AvgIpc) is 2.50. The molecule has 1 aromatic carbocycles. The van der Waals surface area contributed by atoms with Crippen LogP contribution in [0.25, 0.3) is 0 Å². The van der Waals surface area contributed by atoms with E-state index < -0.39 is 0 Å². The van der Waals surface area contributed by atoms with E-state index in [1.54, 1.807) is 12.1 Å². The molecule has 2 nitrogen and oxygen atoms in total. The van der Waals surface area contributed by atoms with E-state index in [-0.39, 0.29) is 0 Å². The van der Waals surface area contributed by atoms with Crippen molar-refractivity contribution in [1.29, 1.82) is 0 Å². The molecule has 2 heteroatoms. The standard InChI is InChI=1S/C10H22O.C9H10O/c1-3-5-7-9-11-10-8-6-4-2;1-2-5-8-6-3-4-7-9(8)10/h3-10H2,1-2H3;2-4,6-7,10H,1,5H2. The highest BCUT2D eigenvalue weighted by Gasteiger charge is 1.93. The zero-order chi connectivity index (χ0) is 15.8. The second kappa shape index (κ2) is 15.1. The Hall–Kier alpha value is -1.28. The summed E-state index contributed by atoms with van der Waals surface area (Å²) < 4.78 is 5.44. The lowest BCUT2D eigenvalue weighted by atomic mass is 10.1. The van der Waals surface area contributed by atoms with Crippen molar-refractivity contribution in [1.82, 2.24) is 0 Å². The first kappa shape index (κ1) is 19.7. The fourth-order valence-corrected chi connectivity index (χ4v) is 1.85. The van der Waals surface area contributed by atoms with E-state index in [1.165, 1.54) is 38.5 Å². The van der Waals surface area contributed by atoms with Gasteiger partial charge in [0.2, 0.25) is 0 Å². The Morgan fingerprint density at radius 2 is 1.57 bits per heavy atom. The molecule has 1 rings (SSSR count). The molecule has 0 aliphatic carbocycles. The monoisotopic (exact) mass is 292 g/mol. The third kappa shape index (κ3) is 12.2. The van der Waals surface area contributed by atoms with Gasteiger partial charge in [0.1, 0.15) is 5.75 Å². The van der Waals surface area contributed by atoms with Crippen molar-refractivity contribution in [3.63, 3.8) is 0 Å². The summed E-state index contributed by atoms with van der Waals surface area (Å²) in [5.74, 6) is 0.349. The van der Waals surface area contributed by atoms with Gasteiger partial charge in [-0.2, -0.15) is 0 Å². The quantitative estimate of drug-likeness (QED) is 0.455. The molecular weight excluding hydrogens is 260 g/mol. The van der Waals surface area contributed by atoms with Crippen LogP contribution in [-0.4, -0.2) is 18.3 Å². The van der Waals surface area contributed by atoms with Crippen molar-refractivity contribution < 1.29 is 9.84 Å². The van der Waals surface area contributed by atoms with E-state index >= 15 is 0 Å². The molecule has 1 aromatic rings. The van der Waals surface area contributed by atoms with Gasteiger partial charge in [-0.3, -0.25) is 0 Å². The number of hydrogen-bond acceptors (Lipinski definition) is 2. The average molecular weight is 292 g/mol. The fraction of sp³-hybridized carbons (Fsp3) is 0.579. The highest BCUT2D eigenvalue weighted by Crippen LogP contribution is 2.15. The van der Waals surface area contributed by atoms with Crippen molar-refractivity contribution in [3.8, 4) is 5.75 Å². The van der Waals surface area contributed by atoms with Crippen molar-refractivity contribution >= 4 is 0 Å². The fourth-order valence-electron chi connectivity index (χ4n) is 1.85. The molecule has 0 radical (unpaired) electrons. The topological polar surface area (TPSA) is 29.5 Å². The lowest BCUT2D eigenvalue weighted by Crippen LogP contribution is -1.96. The molecule has 0 spiro atoms. The predicted molar refractivity (Wildman–Crippen MR) is 91.9 cm³/mol. The molecule has 120 valence electrons. The summed E-state index contributed by atoms with van der Waals surface area (Å²) in [5.41, 5.74) is 0.928. The van der Waals surface area contributed by atoms with E-state index in [9.17, 15) is 5.11 Å². The third-order valence-electron chi connectivity index (χ3n) is 3.14. The molecule has 0 aromatic heterocycles. The van der Waals surface area contributed by atoms with Crippen LogP contribution in [0.1, 0.15) is 57.9 Å². The van der Waals surface area contributed by atoms with Crippen molar-refractivity contribution in [2.45, 2.75) is 58.8 Å². The minimum absolute atomic E-state index is 0.349. The Balaban J connectivity index is 0.000000382. The van der Waals surface area contributed by atoms with Crippen molar-refractivity contribution in [2.75, 3.05) is 13.2 Å². The summed E-state index contributed by atoms with van der Waals surface area (Å²) in [7, 11) is 0. The molecular formula is C19H32O2. The van der Waals surface area contributed by atoms with Crippen molar-refractivity contribution in [3.05, 3.63) is 42.5 Å². The van der Waals surface area contributed by atoms with Crippen LogP contribution in [0.4, 0.5) is 0 Å². The Bertz CT molecular complexity index is 339. The predicted octanol–water partition coefficient (Wildman–Crippen LogP) is 5.50. The van der Waals surface area contributed by atoms with Gasteiger partial charge in [0, 0.05) is 13.2 Å². The molecule has 0 aliphatic rings. The normalized spacial score (nSPS) is 9.81. The second-order valence-electron chi connectivity index (χ2n) is 5.15. The van der Waals surface area contributed by atoms with Crippen LogP contribution < -0.4 is 0 Å². The van der Waals surface area contributed by atoms with Gasteiger partial charge in [-0.25, -0.2) is 0 Å². The maximum atomic E-state index is 9.19. The van der Waals surface area contributed by atoms with E-state index in [0.29, 0.717) is 5.75 Å². The highest BCUT2D eigenvalue weighted by atomic mass is 16.5. The number of phenols is 1. The first-order valence-electron chi connectivity index (χ1n) is 8.21. The van der Waals surface area contributed by atoms with E-state index in [0.717, 1.165) is 25.2 Å². The van der Waals surface area contributed by atoms with E-state index in [1.807, 2.05) is 18.2 Å². The van der Waals surface area contributed by atoms with Gasteiger partial charge in [-0.05, 0) is 30.9 Å². The molecule has 0 fully saturated rings. The molecule has 0 atom stereocenters. The molecule has 0 saturated carbocycles. The highest BCUT2D eigenvalue weighted by molar-refractivity contribution is 5.32. The maximum absolute atomic E-state index is 9.19. The van der Waals surface area contributed by atoms with Gasteiger partial charge in [0.05, 0.1) is 0 Å². The summed E-state index contributed by atoms with van der Waals surface area (Å²) in [6.45, 7) is 9.96. The molecule has 1 N–H and O–H groups in total. The number of para-hydroxylation sites is 1. The maximum Gasteiger partial charge on any atom is 0.119 e. The van der Waals surface area contributed by atoms with Gasteiger partial charge in [0.15, 0.2) is 0 Å². The Morgan fingerprint density at radius 1 is 1.00 bits per heavy atom. The van der Waals surface area contributed by atoms with Gasteiger partial charge in [-0.15, -0.1) is 6.58 Å². The summed E-state index contributed by atoms with van der Waals surface area (Å²) >= 11 is 0. The molecule has 0 unspecified atom stereocenters. The smallest absolute Gasteiger partial charge is 0.119 e. The van der Waals surface area contributed by atoms with E-state index in [4.69, 9.17) is 4.74 Å². The van der Waals surface area contributed by atoms with Crippen molar-refractivity contribution in [2.24, 2.45) is 0 Å². The third-order valence-corrected chi connectivity index (χ3v) is 3.14. The van der Waals surface area contributed by atoms with Crippen LogP contribution in [0, 0.1) is 0 Å². The zero-order valence-corrected chi connectivity index (χ0v) is 13.8. The number of unbranched alkanes of at least 4 members (excludes halogenated alkanes) is 4. The van der Waals surface area contributed by atoms with Gasteiger partial charge >= 0.3 is 0 Å². The van der Waals surface area contributed by atoms with Crippen LogP contribution in [0.5, 0.6) is 5.75 Å². The Labute approximate surface area is 130 Å². The number of hydrogen-bond donors (Lipinski definition) is 1. The number of allylic oxidation sites excluding steroid dienone is 1. The minimum Gasteiger partial charge on any atom is -0.508 e. The summed E-state index contributed by atoms with van der Waals surface area (Å²) in [5, 5.41) is 9.19. The summed E-state index contributed by atoms with van der Waals surface area (Å²) in [6.07, 6.45) is 10.2. The lowest BCUT2D eigenvalue weighted by molar-refractivity contribution is 0.126. The lowest BCUT2D eigenvalue weighted by Gasteiger charge is -2.01. The molecule has 0 amide bonds. The van der Waals surface area contributed by atoms with Crippen LogP contribution in [0.15, 0.2) is 36.9 Å². The molecule has 0 aliphatic heterocycles. The number of rotatable bonds is 10. The van der Waals surface area contributed by atoms with Crippen LogP contribution in [0.3, 0.4) is 0 Å². The first-order valence-corrected chi connectivity index (χ1v) is 8.21. The first-order chi connectivity index (χ1) is 10.3. The second-order valence-corrected chi connectivity index (χ2v) is 5.15. The molecule has 0 bridgehead atoms. The number of ether oxygens (including phenoxy) is 1. The van der Waals surface area contributed by atoms with Crippen LogP contribution in [0.2, 0.25) is 0 Å². The van der Waals surface area contributed by atoms with Gasteiger partial charge in [0.25, 0.3) is 0 Å². The Kier molecular flexibility index (Phi) is 14.2. The summed E-state index contributed by atoms with van der Waals surface area (Å²) in [4.78, 5) is 0. The number of aromatic hydroxyl groups is 1. The largest absolute Gasteiger partial charge is 0.508 e. The van der Waals surface area contributed by atoms with E-state index in [2.05, 4.69) is 20.4 Å². The molecule has 0 heterocycles. The SMILES string of the molecule is C=CCc1ccccc1O.CCCCCOCCCCC. The minimum atomic E-state index is 0.349. The van der Waals surface area contributed by atoms with Gasteiger partial charge in [-0.1, -0.05) is 63.8 Å². The molecule has 21 heavy (non-hydrogen) atoms. The van der Waals surface area contributed by atoms with Crippen LogP contribution >= 0.6 is 0 Å². The molecule has 0 saturated heterocycles. The summed E-state index contributed by atoms with van der Waals surface area (Å²) in [6, 6.07) is 7.27.